The van der Waals surface area contributed by atoms with Gasteiger partial charge in [-0.25, -0.2) is 4.79 Å². The van der Waals surface area contributed by atoms with Crippen molar-refractivity contribution in [2.24, 2.45) is 0 Å². The van der Waals surface area contributed by atoms with E-state index >= 15 is 0 Å². The minimum Gasteiger partial charge on any atom is -0.465 e. The highest BCUT2D eigenvalue weighted by molar-refractivity contribution is 6.06. The predicted octanol–water partition coefficient (Wildman–Crippen LogP) is 2.63. The molecule has 3 rings (SSSR count). The molecule has 7 heteroatoms. The third kappa shape index (κ3) is 4.95. The molecular weight excluding hydrogens is 360 g/mol. The number of methoxy groups -OCH3 is 1. The van der Waals surface area contributed by atoms with Gasteiger partial charge < -0.3 is 20.1 Å². The van der Waals surface area contributed by atoms with E-state index in [0.717, 1.165) is 19.4 Å². The summed E-state index contributed by atoms with van der Waals surface area (Å²) in [6.45, 7) is 1.24. The molecule has 1 atom stereocenters. The summed E-state index contributed by atoms with van der Waals surface area (Å²) in [4.78, 5) is 36.2. The Labute approximate surface area is 163 Å². The second-order valence-corrected chi connectivity index (χ2v) is 6.45. The monoisotopic (exact) mass is 382 g/mol. The number of hydrogen-bond acceptors (Lipinski definition) is 5. The molecule has 2 amide bonds. The zero-order chi connectivity index (χ0) is 19.9. The van der Waals surface area contributed by atoms with Crippen LogP contribution in [-0.2, 0) is 9.47 Å². The van der Waals surface area contributed by atoms with Crippen LogP contribution >= 0.6 is 0 Å². The number of nitrogens with one attached hydrogen (secondary N) is 2. The maximum atomic E-state index is 12.4. The zero-order valence-electron chi connectivity index (χ0n) is 15.6. The Bertz CT molecular complexity index is 857. The number of hydrogen-bond donors (Lipinski definition) is 2. The lowest BCUT2D eigenvalue weighted by molar-refractivity contribution is 0.0600. The first-order valence-corrected chi connectivity index (χ1v) is 9.06. The summed E-state index contributed by atoms with van der Waals surface area (Å²) in [5.74, 6) is -1.05. The maximum Gasteiger partial charge on any atom is 0.337 e. The van der Waals surface area contributed by atoms with Crippen molar-refractivity contribution in [2.75, 3.05) is 25.6 Å². The summed E-state index contributed by atoms with van der Waals surface area (Å²) in [6.07, 6.45) is 2.07. The van der Waals surface area contributed by atoms with Gasteiger partial charge >= 0.3 is 5.97 Å². The topological polar surface area (TPSA) is 93.7 Å². The van der Waals surface area contributed by atoms with Crippen LogP contribution in [-0.4, -0.2) is 44.1 Å². The van der Waals surface area contributed by atoms with Crippen LogP contribution in [0.5, 0.6) is 0 Å². The first-order chi connectivity index (χ1) is 13.6. The Kier molecular flexibility index (Phi) is 6.39. The number of carbonyl (C=O) groups is 3. The fourth-order valence-corrected chi connectivity index (χ4v) is 2.93. The molecule has 2 aromatic rings. The fraction of sp³-hybridized carbons (Fsp3) is 0.286. The van der Waals surface area contributed by atoms with E-state index in [-0.39, 0.29) is 17.9 Å². The Hall–Kier alpha value is -3.19. The van der Waals surface area contributed by atoms with E-state index in [9.17, 15) is 14.4 Å². The molecule has 1 saturated heterocycles. The molecule has 0 unspecified atom stereocenters. The number of ether oxygens (including phenoxy) is 2. The Morgan fingerprint density at radius 1 is 1.04 bits per heavy atom. The number of benzene rings is 2. The molecule has 0 saturated carbocycles. The summed E-state index contributed by atoms with van der Waals surface area (Å²) < 4.78 is 10.1. The molecule has 0 radical (unpaired) electrons. The standard InChI is InChI=1S/C21H22N2O5/c1-27-21(26)16-5-2-4-15(12-16)20(25)23-17-9-7-14(8-10-17)19(24)22-13-18-6-3-11-28-18/h2,4-5,7-10,12,18H,3,6,11,13H2,1H3,(H,22,24)(H,23,25)/t18-/m0/s1. The van der Waals surface area contributed by atoms with E-state index in [1.54, 1.807) is 42.5 Å². The maximum absolute atomic E-state index is 12.4. The van der Waals surface area contributed by atoms with Gasteiger partial charge in [0.15, 0.2) is 0 Å². The number of carbonyl (C=O) groups excluding carboxylic acids is 3. The molecule has 146 valence electrons. The van der Waals surface area contributed by atoms with Crippen molar-refractivity contribution >= 4 is 23.5 Å². The average molecular weight is 382 g/mol. The summed E-state index contributed by atoms with van der Waals surface area (Å²) in [5, 5.41) is 5.60. The van der Waals surface area contributed by atoms with Crippen LogP contribution in [0.4, 0.5) is 5.69 Å². The molecule has 7 nitrogen and oxygen atoms in total. The van der Waals surface area contributed by atoms with Gasteiger partial charge in [0.2, 0.25) is 0 Å². The van der Waals surface area contributed by atoms with E-state index in [0.29, 0.717) is 28.9 Å². The van der Waals surface area contributed by atoms with Crippen molar-refractivity contribution in [3.63, 3.8) is 0 Å². The normalized spacial score (nSPS) is 15.7. The molecular formula is C21H22N2O5. The van der Waals surface area contributed by atoms with Crippen molar-refractivity contribution in [1.29, 1.82) is 0 Å². The van der Waals surface area contributed by atoms with Crippen molar-refractivity contribution in [3.05, 3.63) is 65.2 Å². The van der Waals surface area contributed by atoms with Crippen LogP contribution in [0.1, 0.15) is 43.9 Å². The molecule has 28 heavy (non-hydrogen) atoms. The minimum absolute atomic E-state index is 0.0864. The van der Waals surface area contributed by atoms with E-state index < -0.39 is 5.97 Å². The SMILES string of the molecule is COC(=O)c1cccc(C(=O)Nc2ccc(C(=O)NC[C@@H]3CCCO3)cc2)c1. The van der Waals surface area contributed by atoms with Gasteiger partial charge in [-0.05, 0) is 55.3 Å². The van der Waals surface area contributed by atoms with E-state index in [2.05, 4.69) is 15.4 Å². The van der Waals surface area contributed by atoms with Crippen LogP contribution in [0.2, 0.25) is 0 Å². The van der Waals surface area contributed by atoms with Gasteiger partial charge in [0, 0.05) is 30.0 Å². The molecule has 2 aromatic carbocycles. The molecule has 1 aliphatic heterocycles. The fourth-order valence-electron chi connectivity index (χ4n) is 2.93. The molecule has 0 spiro atoms. The van der Waals surface area contributed by atoms with Gasteiger partial charge in [0.1, 0.15) is 0 Å². The Morgan fingerprint density at radius 3 is 2.46 bits per heavy atom. The van der Waals surface area contributed by atoms with Crippen molar-refractivity contribution in [2.45, 2.75) is 18.9 Å². The number of rotatable bonds is 6. The quantitative estimate of drug-likeness (QED) is 0.749. The molecule has 1 heterocycles. The highest BCUT2D eigenvalue weighted by Crippen LogP contribution is 2.14. The summed E-state index contributed by atoms with van der Waals surface area (Å²) in [5.41, 5.74) is 1.68. The van der Waals surface area contributed by atoms with Crippen LogP contribution in [0, 0.1) is 0 Å². The summed E-state index contributed by atoms with van der Waals surface area (Å²) in [6, 6.07) is 12.9. The van der Waals surface area contributed by atoms with Gasteiger partial charge in [-0.1, -0.05) is 6.07 Å². The van der Waals surface area contributed by atoms with Crippen LogP contribution in [0.25, 0.3) is 0 Å². The lowest BCUT2D eigenvalue weighted by Crippen LogP contribution is -2.31. The molecule has 1 aliphatic rings. The number of esters is 1. The van der Waals surface area contributed by atoms with Gasteiger partial charge in [0.05, 0.1) is 18.8 Å². The molecule has 2 N–H and O–H groups in total. The largest absolute Gasteiger partial charge is 0.465 e. The summed E-state index contributed by atoms with van der Waals surface area (Å²) >= 11 is 0. The number of anilines is 1. The lowest BCUT2D eigenvalue weighted by Gasteiger charge is -2.11. The summed E-state index contributed by atoms with van der Waals surface area (Å²) in [7, 11) is 1.29. The second kappa shape index (κ2) is 9.14. The van der Waals surface area contributed by atoms with Crippen LogP contribution in [0.15, 0.2) is 48.5 Å². The van der Waals surface area contributed by atoms with E-state index in [4.69, 9.17) is 4.74 Å². The highest BCUT2D eigenvalue weighted by atomic mass is 16.5. The van der Waals surface area contributed by atoms with Crippen molar-refractivity contribution in [1.82, 2.24) is 5.32 Å². The zero-order valence-corrected chi connectivity index (χ0v) is 15.6. The van der Waals surface area contributed by atoms with Gasteiger partial charge in [-0.15, -0.1) is 0 Å². The second-order valence-electron chi connectivity index (χ2n) is 6.45. The highest BCUT2D eigenvalue weighted by Gasteiger charge is 2.17. The van der Waals surface area contributed by atoms with E-state index in [1.807, 2.05) is 0 Å². The third-order valence-electron chi connectivity index (χ3n) is 4.47. The third-order valence-corrected chi connectivity index (χ3v) is 4.47. The van der Waals surface area contributed by atoms with Gasteiger partial charge in [0.25, 0.3) is 11.8 Å². The molecule has 0 aromatic heterocycles. The minimum atomic E-state index is -0.506. The first-order valence-electron chi connectivity index (χ1n) is 9.06. The van der Waals surface area contributed by atoms with Gasteiger partial charge in [-0.2, -0.15) is 0 Å². The van der Waals surface area contributed by atoms with Gasteiger partial charge in [-0.3, -0.25) is 9.59 Å². The lowest BCUT2D eigenvalue weighted by atomic mass is 10.1. The average Bonchev–Trinajstić information content (AvgIpc) is 3.25. The van der Waals surface area contributed by atoms with Crippen LogP contribution in [0.3, 0.4) is 0 Å². The van der Waals surface area contributed by atoms with Crippen molar-refractivity contribution in [3.8, 4) is 0 Å². The smallest absolute Gasteiger partial charge is 0.337 e. The van der Waals surface area contributed by atoms with E-state index in [1.165, 1.54) is 13.2 Å². The van der Waals surface area contributed by atoms with Crippen LogP contribution < -0.4 is 10.6 Å². The molecule has 0 bridgehead atoms. The number of amides is 2. The Morgan fingerprint density at radius 2 is 1.79 bits per heavy atom. The van der Waals surface area contributed by atoms with Crippen molar-refractivity contribution < 1.29 is 23.9 Å². The predicted molar refractivity (Wildman–Crippen MR) is 103 cm³/mol. The Balaban J connectivity index is 1.58. The molecule has 1 fully saturated rings. The first kappa shape index (κ1) is 19.6. The molecule has 0 aliphatic carbocycles.